The highest BCUT2D eigenvalue weighted by Gasteiger charge is 2.09. The van der Waals surface area contributed by atoms with Crippen molar-refractivity contribution in [1.29, 1.82) is 0 Å². The molecule has 0 fully saturated rings. The maximum absolute atomic E-state index is 13.7. The van der Waals surface area contributed by atoms with E-state index in [1.807, 2.05) is 6.07 Å². The molecule has 0 atom stereocenters. The molecule has 0 spiro atoms. The number of para-hydroxylation sites is 1. The lowest BCUT2D eigenvalue weighted by molar-refractivity contribution is 0.297. The Kier molecular flexibility index (Phi) is 4.80. The van der Waals surface area contributed by atoms with Crippen molar-refractivity contribution in [3.8, 4) is 5.75 Å². The minimum Gasteiger partial charge on any atom is -0.487 e. The molecule has 19 heavy (non-hydrogen) atoms. The van der Waals surface area contributed by atoms with Gasteiger partial charge in [0.2, 0.25) is 0 Å². The third-order valence-electron chi connectivity index (χ3n) is 2.66. The third kappa shape index (κ3) is 3.47. The lowest BCUT2D eigenvalue weighted by Gasteiger charge is -2.12. The predicted octanol–water partition coefficient (Wildman–Crippen LogP) is 4.28. The molecule has 2 nitrogen and oxygen atoms in total. The minimum atomic E-state index is -0.323. The average molecular weight is 345 g/mol. The molecule has 0 saturated carbocycles. The van der Waals surface area contributed by atoms with E-state index in [1.165, 1.54) is 6.07 Å². The molecule has 2 aromatic carbocycles. The summed E-state index contributed by atoms with van der Waals surface area (Å²) in [6, 6.07) is 10.2. The smallest absolute Gasteiger partial charge is 0.142 e. The Balaban J connectivity index is 2.19. The van der Waals surface area contributed by atoms with Gasteiger partial charge in [0, 0.05) is 22.1 Å². The van der Waals surface area contributed by atoms with Crippen LogP contribution in [0.3, 0.4) is 0 Å². The molecule has 100 valence electrons. The van der Waals surface area contributed by atoms with Gasteiger partial charge in [-0.15, -0.1) is 0 Å². The van der Waals surface area contributed by atoms with Gasteiger partial charge in [0.15, 0.2) is 0 Å². The van der Waals surface area contributed by atoms with E-state index in [4.69, 9.17) is 22.1 Å². The van der Waals surface area contributed by atoms with Crippen LogP contribution in [0.1, 0.15) is 11.1 Å². The fraction of sp³-hybridized carbons (Fsp3) is 0.143. The Hall–Kier alpha value is -1.10. The summed E-state index contributed by atoms with van der Waals surface area (Å²) in [5, 5.41) is 0.473. The van der Waals surface area contributed by atoms with Gasteiger partial charge in [0.05, 0.1) is 5.02 Å². The molecule has 0 aliphatic heterocycles. The van der Waals surface area contributed by atoms with Gasteiger partial charge in [-0.25, -0.2) is 4.39 Å². The highest BCUT2D eigenvalue weighted by atomic mass is 79.9. The number of benzene rings is 2. The van der Waals surface area contributed by atoms with Crippen molar-refractivity contribution in [3.05, 3.63) is 62.8 Å². The van der Waals surface area contributed by atoms with Crippen molar-refractivity contribution in [1.82, 2.24) is 0 Å². The summed E-state index contributed by atoms with van der Waals surface area (Å²) < 4.78 is 20.0. The van der Waals surface area contributed by atoms with Gasteiger partial charge >= 0.3 is 0 Å². The fourth-order valence-corrected chi connectivity index (χ4v) is 2.25. The van der Waals surface area contributed by atoms with Gasteiger partial charge < -0.3 is 10.5 Å². The first-order chi connectivity index (χ1) is 9.11. The van der Waals surface area contributed by atoms with Crippen molar-refractivity contribution in [3.63, 3.8) is 0 Å². The summed E-state index contributed by atoms with van der Waals surface area (Å²) >= 11 is 9.27. The number of hydrogen-bond acceptors (Lipinski definition) is 2. The quantitative estimate of drug-likeness (QED) is 0.898. The molecule has 5 heteroatoms. The summed E-state index contributed by atoms with van der Waals surface area (Å²) in [6.45, 7) is 0.425. The molecule has 0 radical (unpaired) electrons. The first-order valence-electron chi connectivity index (χ1n) is 5.66. The largest absolute Gasteiger partial charge is 0.487 e. The zero-order valence-electron chi connectivity index (χ0n) is 10.00. The standard InChI is InChI=1S/C14H12BrClFNO/c15-11-5-4-10(13(17)6-11)8-19-14-9(7-18)2-1-3-12(14)16/h1-6H,7-8,18H2. The van der Waals surface area contributed by atoms with Crippen LogP contribution in [-0.4, -0.2) is 0 Å². The molecule has 2 N–H and O–H groups in total. The molecule has 0 heterocycles. The van der Waals surface area contributed by atoms with Gasteiger partial charge in [-0.3, -0.25) is 0 Å². The molecule has 0 aliphatic rings. The van der Waals surface area contributed by atoms with E-state index in [0.717, 1.165) is 5.56 Å². The second-order valence-electron chi connectivity index (χ2n) is 3.96. The Morgan fingerprint density at radius 1 is 1.21 bits per heavy atom. The lowest BCUT2D eigenvalue weighted by Crippen LogP contribution is -2.04. The van der Waals surface area contributed by atoms with Gasteiger partial charge in [-0.1, -0.05) is 45.7 Å². The summed E-state index contributed by atoms with van der Waals surface area (Å²) in [6.07, 6.45) is 0. The fourth-order valence-electron chi connectivity index (χ4n) is 1.66. The molecule has 0 amide bonds. The number of nitrogens with two attached hydrogens (primary N) is 1. The SMILES string of the molecule is NCc1cccc(Cl)c1OCc1ccc(Br)cc1F. The van der Waals surface area contributed by atoms with Crippen molar-refractivity contribution in [2.75, 3.05) is 0 Å². The van der Waals surface area contributed by atoms with Crippen LogP contribution in [0.5, 0.6) is 5.75 Å². The number of rotatable bonds is 4. The van der Waals surface area contributed by atoms with Crippen LogP contribution in [0.4, 0.5) is 4.39 Å². The zero-order valence-corrected chi connectivity index (χ0v) is 12.3. The summed E-state index contributed by atoms with van der Waals surface area (Å²) in [5.74, 6) is 0.185. The molecule has 2 rings (SSSR count). The van der Waals surface area contributed by atoms with Crippen molar-refractivity contribution in [2.24, 2.45) is 5.73 Å². The molecule has 0 aromatic heterocycles. The summed E-state index contributed by atoms with van der Waals surface area (Å²) in [5.41, 5.74) is 6.88. The Morgan fingerprint density at radius 3 is 2.68 bits per heavy atom. The van der Waals surface area contributed by atoms with E-state index < -0.39 is 0 Å². The first-order valence-corrected chi connectivity index (χ1v) is 6.83. The van der Waals surface area contributed by atoms with Crippen LogP contribution in [0.2, 0.25) is 5.02 Å². The molecule has 0 aliphatic carbocycles. The molecular weight excluding hydrogens is 333 g/mol. The monoisotopic (exact) mass is 343 g/mol. The summed E-state index contributed by atoms with van der Waals surface area (Å²) in [7, 11) is 0. The molecule has 2 aromatic rings. The zero-order chi connectivity index (χ0) is 13.8. The first kappa shape index (κ1) is 14.3. The second-order valence-corrected chi connectivity index (χ2v) is 5.28. The van der Waals surface area contributed by atoms with Crippen molar-refractivity contribution in [2.45, 2.75) is 13.2 Å². The van der Waals surface area contributed by atoms with Crippen LogP contribution >= 0.6 is 27.5 Å². The summed E-state index contributed by atoms with van der Waals surface area (Å²) in [4.78, 5) is 0. The molecular formula is C14H12BrClFNO. The number of hydrogen-bond donors (Lipinski definition) is 1. The topological polar surface area (TPSA) is 35.2 Å². The van der Waals surface area contributed by atoms with E-state index in [2.05, 4.69) is 15.9 Å². The Labute approximate surface area is 124 Å². The lowest BCUT2D eigenvalue weighted by atomic mass is 10.2. The Morgan fingerprint density at radius 2 is 2.00 bits per heavy atom. The average Bonchev–Trinajstić information content (AvgIpc) is 2.39. The maximum atomic E-state index is 13.7. The van der Waals surface area contributed by atoms with Gasteiger partial charge in [0.1, 0.15) is 18.2 Å². The van der Waals surface area contributed by atoms with Gasteiger partial charge in [-0.05, 0) is 18.2 Å². The molecule has 0 unspecified atom stereocenters. The van der Waals surface area contributed by atoms with E-state index >= 15 is 0 Å². The number of halogens is 3. The van der Waals surface area contributed by atoms with Crippen LogP contribution < -0.4 is 10.5 Å². The van der Waals surface area contributed by atoms with E-state index in [0.29, 0.717) is 27.4 Å². The van der Waals surface area contributed by atoms with Crippen molar-refractivity contribution >= 4 is 27.5 Å². The predicted molar refractivity (Wildman–Crippen MR) is 77.8 cm³/mol. The second kappa shape index (κ2) is 6.37. The van der Waals surface area contributed by atoms with Crippen LogP contribution in [0.15, 0.2) is 40.9 Å². The van der Waals surface area contributed by atoms with Gasteiger partial charge in [-0.2, -0.15) is 0 Å². The van der Waals surface area contributed by atoms with Crippen LogP contribution in [-0.2, 0) is 13.2 Å². The van der Waals surface area contributed by atoms with Crippen LogP contribution in [0.25, 0.3) is 0 Å². The van der Waals surface area contributed by atoms with E-state index in [-0.39, 0.29) is 12.4 Å². The third-order valence-corrected chi connectivity index (χ3v) is 3.45. The van der Waals surface area contributed by atoms with Gasteiger partial charge in [0.25, 0.3) is 0 Å². The minimum absolute atomic E-state index is 0.107. The molecule has 0 saturated heterocycles. The molecule has 0 bridgehead atoms. The van der Waals surface area contributed by atoms with Crippen LogP contribution in [0, 0.1) is 5.82 Å². The van der Waals surface area contributed by atoms with E-state index in [1.54, 1.807) is 24.3 Å². The Bertz CT molecular complexity index is 592. The highest BCUT2D eigenvalue weighted by molar-refractivity contribution is 9.10. The maximum Gasteiger partial charge on any atom is 0.142 e. The van der Waals surface area contributed by atoms with Crippen molar-refractivity contribution < 1.29 is 9.13 Å². The van der Waals surface area contributed by atoms with E-state index in [9.17, 15) is 4.39 Å². The highest BCUT2D eigenvalue weighted by Crippen LogP contribution is 2.29. The number of ether oxygens (including phenoxy) is 1. The normalized spacial score (nSPS) is 10.5.